The quantitative estimate of drug-likeness (QED) is 0.572. The molecule has 0 saturated carbocycles. The van der Waals surface area contributed by atoms with Crippen LogP contribution in [0.5, 0.6) is 0 Å². The summed E-state index contributed by atoms with van der Waals surface area (Å²) >= 11 is 7.62. The van der Waals surface area contributed by atoms with Crippen LogP contribution >= 0.6 is 22.9 Å². The molecule has 29 heavy (non-hydrogen) atoms. The zero-order valence-electron chi connectivity index (χ0n) is 16.0. The summed E-state index contributed by atoms with van der Waals surface area (Å²) in [5.74, 6) is -0.416. The lowest BCUT2D eigenvalue weighted by atomic mass is 9.86. The van der Waals surface area contributed by atoms with E-state index in [0.717, 1.165) is 16.1 Å². The summed E-state index contributed by atoms with van der Waals surface area (Å²) in [5.41, 5.74) is 2.60. The van der Waals surface area contributed by atoms with Gasteiger partial charge in [-0.1, -0.05) is 41.4 Å². The molecular formula is C23H21ClN2O2S. The Hall–Kier alpha value is -2.63. The summed E-state index contributed by atoms with van der Waals surface area (Å²) in [4.78, 5) is 29.0. The lowest BCUT2D eigenvalue weighted by Gasteiger charge is -2.40. The van der Waals surface area contributed by atoms with Gasteiger partial charge >= 0.3 is 0 Å². The normalized spacial score (nSPS) is 19.2. The van der Waals surface area contributed by atoms with Crippen LogP contribution in [-0.4, -0.2) is 11.8 Å². The van der Waals surface area contributed by atoms with Gasteiger partial charge in [0.2, 0.25) is 11.8 Å². The summed E-state index contributed by atoms with van der Waals surface area (Å²) in [5, 5.41) is 5.53. The van der Waals surface area contributed by atoms with Crippen LogP contribution in [-0.2, 0) is 9.59 Å². The molecule has 2 heterocycles. The second-order valence-electron chi connectivity index (χ2n) is 7.20. The second kappa shape index (κ2) is 8.39. The Balaban J connectivity index is 1.69. The van der Waals surface area contributed by atoms with Gasteiger partial charge in [-0.3, -0.25) is 9.59 Å². The van der Waals surface area contributed by atoms with Gasteiger partial charge in [-0.15, -0.1) is 11.3 Å². The van der Waals surface area contributed by atoms with Gasteiger partial charge in [0.1, 0.15) is 0 Å². The Kier molecular flexibility index (Phi) is 5.69. The number of nitrogens with zero attached hydrogens (tertiary/aromatic N) is 1. The third-order valence-corrected chi connectivity index (χ3v) is 6.35. The van der Waals surface area contributed by atoms with Gasteiger partial charge in [0.15, 0.2) is 0 Å². The first kappa shape index (κ1) is 19.7. The number of anilines is 2. The maximum absolute atomic E-state index is 13.2. The van der Waals surface area contributed by atoms with Crippen LogP contribution in [0.2, 0.25) is 5.02 Å². The zero-order valence-corrected chi connectivity index (χ0v) is 17.5. The first-order chi connectivity index (χ1) is 14.0. The number of hydrogen-bond acceptors (Lipinski definition) is 3. The molecule has 4 nitrogen and oxygen atoms in total. The summed E-state index contributed by atoms with van der Waals surface area (Å²) in [6.07, 6.45) is 0.847. The zero-order chi connectivity index (χ0) is 20.4. The van der Waals surface area contributed by atoms with Crippen LogP contribution in [0.25, 0.3) is 0 Å². The number of benzene rings is 2. The highest BCUT2D eigenvalue weighted by Crippen LogP contribution is 2.42. The molecular weight excluding hydrogens is 404 g/mol. The molecule has 2 amide bonds. The van der Waals surface area contributed by atoms with E-state index in [1.165, 1.54) is 0 Å². The van der Waals surface area contributed by atoms with E-state index in [-0.39, 0.29) is 23.8 Å². The van der Waals surface area contributed by atoms with Crippen molar-refractivity contribution in [2.24, 2.45) is 5.92 Å². The molecule has 2 atom stereocenters. The molecule has 148 valence electrons. The number of carbonyl (C=O) groups is 2. The molecule has 3 aromatic rings. The van der Waals surface area contributed by atoms with E-state index < -0.39 is 0 Å². The van der Waals surface area contributed by atoms with E-state index >= 15 is 0 Å². The minimum atomic E-state index is -0.355. The number of amides is 2. The predicted octanol–water partition coefficient (Wildman–Crippen LogP) is 5.83. The summed E-state index contributed by atoms with van der Waals surface area (Å²) < 4.78 is 0. The molecule has 1 saturated heterocycles. The van der Waals surface area contributed by atoms with Crippen LogP contribution in [0.3, 0.4) is 0 Å². The van der Waals surface area contributed by atoms with Gasteiger partial charge in [0, 0.05) is 27.7 Å². The average Bonchev–Trinajstić information content (AvgIpc) is 3.23. The number of rotatable bonds is 4. The molecule has 0 spiro atoms. The third-order valence-electron chi connectivity index (χ3n) is 5.17. The molecule has 1 aliphatic rings. The maximum Gasteiger partial charge on any atom is 0.229 e. The van der Waals surface area contributed by atoms with E-state index in [4.69, 9.17) is 11.6 Å². The van der Waals surface area contributed by atoms with Crippen LogP contribution in [0, 0.1) is 12.8 Å². The SMILES string of the molecule is Cc1ccc(N2C(=O)CC[C@@H](C(=O)Nc3cccc(Cl)c3)[C@@H]2c2cccs2)cc1. The van der Waals surface area contributed by atoms with Gasteiger partial charge in [-0.25, -0.2) is 0 Å². The van der Waals surface area contributed by atoms with E-state index in [0.29, 0.717) is 23.6 Å². The van der Waals surface area contributed by atoms with Crippen LogP contribution in [0.15, 0.2) is 66.0 Å². The fraction of sp³-hybridized carbons (Fsp3) is 0.217. The highest BCUT2D eigenvalue weighted by Gasteiger charge is 2.42. The smallest absolute Gasteiger partial charge is 0.229 e. The average molecular weight is 425 g/mol. The van der Waals surface area contributed by atoms with Crippen molar-refractivity contribution in [3.63, 3.8) is 0 Å². The topological polar surface area (TPSA) is 49.4 Å². The molecule has 1 aromatic heterocycles. The molecule has 1 N–H and O–H groups in total. The molecule has 1 fully saturated rings. The first-order valence-corrected chi connectivity index (χ1v) is 10.8. The van der Waals surface area contributed by atoms with E-state index in [9.17, 15) is 9.59 Å². The highest BCUT2D eigenvalue weighted by molar-refractivity contribution is 7.10. The Morgan fingerprint density at radius 2 is 1.93 bits per heavy atom. The Morgan fingerprint density at radius 3 is 2.62 bits per heavy atom. The van der Waals surface area contributed by atoms with Crippen molar-refractivity contribution in [1.82, 2.24) is 0 Å². The number of aryl methyl sites for hydroxylation is 1. The minimum absolute atomic E-state index is 0.0408. The van der Waals surface area contributed by atoms with E-state index in [1.54, 1.807) is 34.4 Å². The Bertz CT molecular complexity index is 1020. The monoisotopic (exact) mass is 424 g/mol. The van der Waals surface area contributed by atoms with Gasteiger partial charge in [0.25, 0.3) is 0 Å². The Labute approximate surface area is 179 Å². The van der Waals surface area contributed by atoms with Gasteiger partial charge < -0.3 is 10.2 Å². The fourth-order valence-corrected chi connectivity index (χ4v) is 4.83. The first-order valence-electron chi connectivity index (χ1n) is 9.51. The lowest BCUT2D eigenvalue weighted by molar-refractivity contribution is -0.125. The minimum Gasteiger partial charge on any atom is -0.326 e. The summed E-state index contributed by atoms with van der Waals surface area (Å²) in [7, 11) is 0. The van der Waals surface area contributed by atoms with Crippen molar-refractivity contribution in [3.8, 4) is 0 Å². The van der Waals surface area contributed by atoms with Crippen molar-refractivity contribution in [3.05, 3.63) is 81.5 Å². The Morgan fingerprint density at radius 1 is 1.14 bits per heavy atom. The van der Waals surface area contributed by atoms with Crippen LogP contribution < -0.4 is 10.2 Å². The maximum atomic E-state index is 13.2. The van der Waals surface area contributed by atoms with Gasteiger partial charge in [0.05, 0.1) is 12.0 Å². The molecule has 4 rings (SSSR count). The number of hydrogen-bond donors (Lipinski definition) is 1. The molecule has 2 aromatic carbocycles. The number of thiophene rings is 1. The van der Waals surface area contributed by atoms with Crippen molar-refractivity contribution >= 4 is 46.1 Å². The van der Waals surface area contributed by atoms with Crippen molar-refractivity contribution in [1.29, 1.82) is 0 Å². The molecule has 0 aliphatic carbocycles. The predicted molar refractivity (Wildman–Crippen MR) is 119 cm³/mol. The summed E-state index contributed by atoms with van der Waals surface area (Å²) in [6, 6.07) is 18.6. The summed E-state index contributed by atoms with van der Waals surface area (Å²) in [6.45, 7) is 2.01. The van der Waals surface area contributed by atoms with Crippen LogP contribution in [0.1, 0.15) is 29.3 Å². The van der Waals surface area contributed by atoms with E-state index in [2.05, 4.69) is 5.32 Å². The number of nitrogens with one attached hydrogen (secondary N) is 1. The van der Waals surface area contributed by atoms with Gasteiger partial charge in [-0.05, 0) is 55.1 Å². The molecule has 0 radical (unpaired) electrons. The van der Waals surface area contributed by atoms with Gasteiger partial charge in [-0.2, -0.15) is 0 Å². The molecule has 0 bridgehead atoms. The largest absolute Gasteiger partial charge is 0.326 e. The molecule has 0 unspecified atom stereocenters. The fourth-order valence-electron chi connectivity index (χ4n) is 3.76. The van der Waals surface area contributed by atoms with E-state index in [1.807, 2.05) is 54.8 Å². The number of piperidine rings is 1. The van der Waals surface area contributed by atoms with Crippen molar-refractivity contribution < 1.29 is 9.59 Å². The standard InChI is InChI=1S/C23H21ClN2O2S/c1-15-7-9-18(10-8-15)26-21(27)12-11-19(22(26)20-6-3-13-29-20)23(28)25-17-5-2-4-16(24)14-17/h2-10,13-14,19,22H,11-12H2,1H3,(H,25,28)/t19-,22-/m1/s1. The van der Waals surface area contributed by atoms with Crippen molar-refractivity contribution in [2.45, 2.75) is 25.8 Å². The number of halogens is 1. The molecule has 6 heteroatoms. The highest BCUT2D eigenvalue weighted by atomic mass is 35.5. The second-order valence-corrected chi connectivity index (χ2v) is 8.62. The third kappa shape index (κ3) is 4.21. The van der Waals surface area contributed by atoms with Crippen molar-refractivity contribution in [2.75, 3.05) is 10.2 Å². The van der Waals surface area contributed by atoms with Crippen LogP contribution in [0.4, 0.5) is 11.4 Å². The molecule has 1 aliphatic heterocycles. The number of carbonyl (C=O) groups excluding carboxylic acids is 2. The lowest BCUT2D eigenvalue weighted by Crippen LogP contribution is -2.46.